The monoisotopic (exact) mass is 406 g/mol. The molecular formula is C24H30N4O2. The second kappa shape index (κ2) is 11.3. The van der Waals surface area contributed by atoms with Crippen LogP contribution in [0.25, 0.3) is 11.4 Å². The molecule has 6 heteroatoms. The van der Waals surface area contributed by atoms with Gasteiger partial charge >= 0.3 is 0 Å². The van der Waals surface area contributed by atoms with Crippen LogP contribution in [0, 0.1) is 6.92 Å². The van der Waals surface area contributed by atoms with Gasteiger partial charge in [0.05, 0.1) is 0 Å². The third-order valence-corrected chi connectivity index (χ3v) is 5.04. The molecule has 0 aliphatic heterocycles. The first-order valence-electron chi connectivity index (χ1n) is 10.6. The lowest BCUT2D eigenvalue weighted by atomic mass is 10.1. The molecule has 0 aliphatic rings. The largest absolute Gasteiger partial charge is 0.339 e. The van der Waals surface area contributed by atoms with Crippen molar-refractivity contribution < 1.29 is 9.32 Å². The van der Waals surface area contributed by atoms with Crippen LogP contribution in [0.4, 0.5) is 0 Å². The molecule has 0 saturated carbocycles. The molecule has 158 valence electrons. The van der Waals surface area contributed by atoms with Crippen molar-refractivity contribution in [3.05, 3.63) is 71.6 Å². The minimum atomic E-state index is 0.147. The van der Waals surface area contributed by atoms with Gasteiger partial charge in [0.25, 0.3) is 0 Å². The second-order valence-electron chi connectivity index (χ2n) is 7.53. The van der Waals surface area contributed by atoms with Crippen LogP contribution in [0.3, 0.4) is 0 Å². The smallest absolute Gasteiger partial charge is 0.228 e. The Morgan fingerprint density at radius 2 is 1.80 bits per heavy atom. The Labute approximate surface area is 178 Å². The molecule has 6 nitrogen and oxygen atoms in total. The van der Waals surface area contributed by atoms with Gasteiger partial charge in [-0.15, -0.1) is 0 Å². The summed E-state index contributed by atoms with van der Waals surface area (Å²) in [5.41, 5.74) is 8.77. The number of aromatic nitrogens is 2. The Kier molecular flexibility index (Phi) is 8.15. The van der Waals surface area contributed by atoms with Gasteiger partial charge < -0.3 is 15.2 Å². The summed E-state index contributed by atoms with van der Waals surface area (Å²) in [4.78, 5) is 19.2. The first-order chi connectivity index (χ1) is 14.7. The molecule has 0 fully saturated rings. The van der Waals surface area contributed by atoms with Crippen molar-refractivity contribution in [2.24, 2.45) is 5.73 Å². The van der Waals surface area contributed by atoms with Gasteiger partial charge in [0.1, 0.15) is 0 Å². The molecule has 1 aromatic heterocycles. The first-order valence-corrected chi connectivity index (χ1v) is 10.6. The van der Waals surface area contributed by atoms with E-state index in [0.29, 0.717) is 44.2 Å². The number of hydrogen-bond acceptors (Lipinski definition) is 5. The second-order valence-corrected chi connectivity index (χ2v) is 7.53. The van der Waals surface area contributed by atoms with Crippen LogP contribution in [-0.2, 0) is 17.8 Å². The summed E-state index contributed by atoms with van der Waals surface area (Å²) in [5.74, 6) is 1.27. The fourth-order valence-electron chi connectivity index (χ4n) is 3.26. The Hall–Kier alpha value is -2.99. The topological polar surface area (TPSA) is 85.2 Å². The van der Waals surface area contributed by atoms with Crippen LogP contribution in [0.1, 0.15) is 42.7 Å². The lowest BCUT2D eigenvalue weighted by molar-refractivity contribution is -0.132. The minimum Gasteiger partial charge on any atom is -0.339 e. The normalized spacial score (nSPS) is 10.9. The maximum atomic E-state index is 12.8. The third kappa shape index (κ3) is 6.52. The number of rotatable bonds is 11. The highest BCUT2D eigenvalue weighted by atomic mass is 16.5. The van der Waals surface area contributed by atoms with Crippen LogP contribution in [0.5, 0.6) is 0 Å². The Balaban J connectivity index is 1.62. The van der Waals surface area contributed by atoms with E-state index in [-0.39, 0.29) is 5.91 Å². The number of aryl methyl sites for hydroxylation is 1. The van der Waals surface area contributed by atoms with E-state index in [1.54, 1.807) is 0 Å². The van der Waals surface area contributed by atoms with E-state index in [0.717, 1.165) is 30.4 Å². The van der Waals surface area contributed by atoms with Crippen molar-refractivity contribution in [2.45, 2.75) is 45.6 Å². The maximum absolute atomic E-state index is 12.8. The third-order valence-electron chi connectivity index (χ3n) is 5.04. The number of benzene rings is 2. The molecule has 2 aromatic carbocycles. The van der Waals surface area contributed by atoms with Crippen molar-refractivity contribution in [1.29, 1.82) is 0 Å². The summed E-state index contributed by atoms with van der Waals surface area (Å²) in [6.07, 6.45) is 3.85. The molecule has 2 N–H and O–H groups in total. The average molecular weight is 407 g/mol. The summed E-state index contributed by atoms with van der Waals surface area (Å²) in [6, 6.07) is 18.1. The number of carbonyl (C=O) groups is 1. The van der Waals surface area contributed by atoms with Crippen LogP contribution in [0.15, 0.2) is 59.1 Å². The van der Waals surface area contributed by atoms with E-state index in [9.17, 15) is 4.79 Å². The summed E-state index contributed by atoms with van der Waals surface area (Å²) in [7, 11) is 0. The van der Waals surface area contributed by atoms with E-state index in [1.807, 2.05) is 66.4 Å². The van der Waals surface area contributed by atoms with Crippen LogP contribution in [0.2, 0.25) is 0 Å². The number of amides is 1. The standard InChI is InChI=1S/C24H30N4O2/c1-19-11-13-21(14-12-19)24-26-22(30-27-24)15-17-28(18-20-8-4-2-5-9-20)23(29)10-6-3-7-16-25/h2,4-5,8-9,11-14H,3,6-7,10,15-18,25H2,1H3. The van der Waals surface area contributed by atoms with Gasteiger partial charge in [0, 0.05) is 31.5 Å². The highest BCUT2D eigenvalue weighted by molar-refractivity contribution is 5.76. The first kappa shape index (κ1) is 21.7. The van der Waals surface area contributed by atoms with Crippen molar-refractivity contribution in [2.75, 3.05) is 13.1 Å². The van der Waals surface area contributed by atoms with Crippen molar-refractivity contribution in [3.63, 3.8) is 0 Å². The average Bonchev–Trinajstić information content (AvgIpc) is 3.24. The molecule has 30 heavy (non-hydrogen) atoms. The molecule has 3 aromatic rings. The predicted octanol–water partition coefficient (Wildman–Crippen LogP) is 4.14. The predicted molar refractivity (Wildman–Crippen MR) is 118 cm³/mol. The zero-order valence-corrected chi connectivity index (χ0v) is 17.6. The summed E-state index contributed by atoms with van der Waals surface area (Å²) in [5, 5.41) is 4.09. The highest BCUT2D eigenvalue weighted by Gasteiger charge is 2.16. The van der Waals surface area contributed by atoms with Gasteiger partial charge in [-0.25, -0.2) is 0 Å². The zero-order chi connectivity index (χ0) is 21.2. The van der Waals surface area contributed by atoms with Gasteiger partial charge in [0.2, 0.25) is 17.6 Å². The number of carbonyl (C=O) groups excluding carboxylic acids is 1. The molecule has 0 radical (unpaired) electrons. The van der Waals surface area contributed by atoms with Crippen LogP contribution >= 0.6 is 0 Å². The molecule has 0 bridgehead atoms. The number of nitrogens with two attached hydrogens (primary N) is 1. The Bertz CT molecular complexity index is 906. The van der Waals surface area contributed by atoms with E-state index in [2.05, 4.69) is 10.1 Å². The van der Waals surface area contributed by atoms with Crippen LogP contribution in [-0.4, -0.2) is 34.0 Å². The van der Waals surface area contributed by atoms with E-state index >= 15 is 0 Å². The number of hydrogen-bond donors (Lipinski definition) is 1. The molecule has 0 saturated heterocycles. The molecule has 0 unspecified atom stereocenters. The summed E-state index contributed by atoms with van der Waals surface area (Å²) < 4.78 is 5.43. The Morgan fingerprint density at radius 3 is 2.53 bits per heavy atom. The fourth-order valence-corrected chi connectivity index (χ4v) is 3.26. The number of unbranched alkanes of at least 4 members (excludes halogenated alkanes) is 2. The van der Waals surface area contributed by atoms with Gasteiger partial charge in [-0.1, -0.05) is 71.7 Å². The molecule has 3 rings (SSSR count). The quantitative estimate of drug-likeness (QED) is 0.484. The molecule has 0 atom stereocenters. The van der Waals surface area contributed by atoms with Crippen molar-refractivity contribution in [3.8, 4) is 11.4 Å². The van der Waals surface area contributed by atoms with Crippen molar-refractivity contribution >= 4 is 5.91 Å². The van der Waals surface area contributed by atoms with E-state index in [1.165, 1.54) is 5.56 Å². The molecule has 1 amide bonds. The SMILES string of the molecule is Cc1ccc(-c2noc(CCN(Cc3ccccc3)C(=O)CCCCCN)n2)cc1. The van der Waals surface area contributed by atoms with Gasteiger partial charge in [-0.3, -0.25) is 4.79 Å². The van der Waals surface area contributed by atoms with Crippen molar-refractivity contribution in [1.82, 2.24) is 15.0 Å². The molecule has 0 spiro atoms. The molecule has 0 aliphatic carbocycles. The molecular weight excluding hydrogens is 376 g/mol. The summed E-state index contributed by atoms with van der Waals surface area (Å²) in [6.45, 7) is 3.83. The van der Waals surface area contributed by atoms with E-state index in [4.69, 9.17) is 10.3 Å². The summed E-state index contributed by atoms with van der Waals surface area (Å²) >= 11 is 0. The number of nitrogens with zero attached hydrogens (tertiary/aromatic N) is 3. The lowest BCUT2D eigenvalue weighted by Gasteiger charge is -2.22. The Morgan fingerprint density at radius 1 is 1.03 bits per heavy atom. The maximum Gasteiger partial charge on any atom is 0.228 e. The van der Waals surface area contributed by atoms with E-state index < -0.39 is 0 Å². The lowest BCUT2D eigenvalue weighted by Crippen LogP contribution is -2.32. The fraction of sp³-hybridized carbons (Fsp3) is 0.375. The van der Waals surface area contributed by atoms with Gasteiger partial charge in [0.15, 0.2) is 0 Å². The van der Waals surface area contributed by atoms with Gasteiger partial charge in [-0.2, -0.15) is 4.98 Å². The van der Waals surface area contributed by atoms with Gasteiger partial charge in [-0.05, 0) is 31.9 Å². The highest BCUT2D eigenvalue weighted by Crippen LogP contribution is 2.17. The molecule has 1 heterocycles. The zero-order valence-electron chi connectivity index (χ0n) is 17.6. The minimum absolute atomic E-state index is 0.147. The van der Waals surface area contributed by atoms with Crippen LogP contribution < -0.4 is 5.73 Å².